The molecular weight excluding hydrogens is 757 g/mol. The normalized spacial score (nSPS) is 12.5. The van der Waals surface area contributed by atoms with Crippen LogP contribution in [0.25, 0.3) is 0 Å². The highest BCUT2D eigenvalue weighted by Gasteiger charge is 2.19. The van der Waals surface area contributed by atoms with Crippen molar-refractivity contribution in [1.29, 1.82) is 0 Å². The van der Waals surface area contributed by atoms with Crippen molar-refractivity contribution in [2.45, 2.75) is 310 Å². The van der Waals surface area contributed by atoms with Crippen LogP contribution in [0.2, 0.25) is 0 Å². The second-order valence-electron chi connectivity index (χ2n) is 19.6. The Labute approximate surface area is 380 Å². The number of hydrogen-bond acceptors (Lipinski definition) is 6. The Morgan fingerprint density at radius 2 is 0.623 bits per heavy atom. The minimum absolute atomic E-state index is 0.0634. The molecule has 0 aliphatic heterocycles. The van der Waals surface area contributed by atoms with Crippen LogP contribution in [0.4, 0.5) is 0 Å². The van der Waals surface area contributed by atoms with E-state index in [1.807, 2.05) is 0 Å². The number of hydrogen-bond donors (Lipinski definition) is 0. The van der Waals surface area contributed by atoms with Crippen LogP contribution < -0.4 is 0 Å². The summed E-state index contributed by atoms with van der Waals surface area (Å²) in [6, 6.07) is 0. The molecule has 61 heavy (non-hydrogen) atoms. The van der Waals surface area contributed by atoms with Crippen molar-refractivity contribution in [3.63, 3.8) is 0 Å². The van der Waals surface area contributed by atoms with Crippen LogP contribution >= 0.6 is 0 Å². The number of esters is 3. The SMILES string of the molecule is CCCCCCCCCCCCCCCC(=O)O[C@H](COC(=O)CCCCCCCCCCCCCCCCCC(C)C)COC(=O)CCCCCCCCCCC(C)CC. The monoisotopic (exact) mass is 863 g/mol. The molecule has 0 rings (SSSR count). The average Bonchev–Trinajstić information content (AvgIpc) is 3.24. The summed E-state index contributed by atoms with van der Waals surface area (Å²) in [4.78, 5) is 38.0. The van der Waals surface area contributed by atoms with Crippen molar-refractivity contribution < 1.29 is 28.6 Å². The zero-order valence-corrected chi connectivity index (χ0v) is 41.8. The molecule has 0 saturated carbocycles. The summed E-state index contributed by atoms with van der Waals surface area (Å²) in [5, 5.41) is 0. The van der Waals surface area contributed by atoms with Gasteiger partial charge >= 0.3 is 17.9 Å². The predicted octanol–water partition coefficient (Wildman–Crippen LogP) is 17.7. The number of rotatable bonds is 49. The van der Waals surface area contributed by atoms with Gasteiger partial charge in [-0.2, -0.15) is 0 Å². The van der Waals surface area contributed by atoms with E-state index in [9.17, 15) is 14.4 Å². The van der Waals surface area contributed by atoms with Crippen LogP contribution in [0.5, 0.6) is 0 Å². The topological polar surface area (TPSA) is 78.9 Å². The quantitative estimate of drug-likeness (QED) is 0.0344. The highest BCUT2D eigenvalue weighted by Crippen LogP contribution is 2.18. The van der Waals surface area contributed by atoms with Crippen molar-refractivity contribution in [2.24, 2.45) is 11.8 Å². The minimum Gasteiger partial charge on any atom is -0.462 e. The third-order valence-corrected chi connectivity index (χ3v) is 12.8. The summed E-state index contributed by atoms with van der Waals surface area (Å²) in [6.45, 7) is 11.4. The lowest BCUT2D eigenvalue weighted by molar-refractivity contribution is -0.167. The van der Waals surface area contributed by atoms with Gasteiger partial charge in [-0.25, -0.2) is 0 Å². The van der Waals surface area contributed by atoms with E-state index < -0.39 is 6.10 Å². The van der Waals surface area contributed by atoms with E-state index >= 15 is 0 Å². The van der Waals surface area contributed by atoms with Crippen LogP contribution in [-0.2, 0) is 28.6 Å². The summed E-state index contributed by atoms with van der Waals surface area (Å²) < 4.78 is 16.8. The van der Waals surface area contributed by atoms with Crippen LogP contribution in [0.15, 0.2) is 0 Å². The largest absolute Gasteiger partial charge is 0.462 e. The third-order valence-electron chi connectivity index (χ3n) is 12.8. The predicted molar refractivity (Wildman–Crippen MR) is 261 cm³/mol. The van der Waals surface area contributed by atoms with E-state index in [0.717, 1.165) is 69.6 Å². The number of carbonyl (C=O) groups is 3. The van der Waals surface area contributed by atoms with Gasteiger partial charge in [0, 0.05) is 19.3 Å². The first kappa shape index (κ1) is 59.4. The molecule has 0 amide bonds. The third kappa shape index (κ3) is 47.7. The Bertz CT molecular complexity index is 933. The molecule has 0 bridgehead atoms. The van der Waals surface area contributed by atoms with Gasteiger partial charge in [0.05, 0.1) is 0 Å². The summed E-state index contributed by atoms with van der Waals surface area (Å²) in [7, 11) is 0. The Kier molecular flexibility index (Phi) is 46.6. The van der Waals surface area contributed by atoms with Gasteiger partial charge in [-0.3, -0.25) is 14.4 Å². The first-order valence-corrected chi connectivity index (χ1v) is 27.3. The summed E-state index contributed by atoms with van der Waals surface area (Å²) >= 11 is 0. The minimum atomic E-state index is -0.762. The lowest BCUT2D eigenvalue weighted by Crippen LogP contribution is -2.30. The molecule has 0 aliphatic carbocycles. The molecule has 6 nitrogen and oxygen atoms in total. The summed E-state index contributed by atoms with van der Waals surface area (Å²) in [5.74, 6) is 0.852. The Morgan fingerprint density at radius 3 is 0.934 bits per heavy atom. The van der Waals surface area contributed by atoms with Crippen molar-refractivity contribution in [3.05, 3.63) is 0 Å². The molecule has 6 heteroatoms. The molecule has 1 unspecified atom stereocenters. The molecule has 0 aliphatic rings. The Balaban J connectivity index is 4.28. The van der Waals surface area contributed by atoms with Crippen molar-refractivity contribution >= 4 is 17.9 Å². The van der Waals surface area contributed by atoms with Gasteiger partial charge in [-0.05, 0) is 31.1 Å². The average molecular weight is 863 g/mol. The fourth-order valence-corrected chi connectivity index (χ4v) is 8.31. The lowest BCUT2D eigenvalue weighted by atomic mass is 9.99. The first-order valence-electron chi connectivity index (χ1n) is 27.3. The van der Waals surface area contributed by atoms with E-state index in [4.69, 9.17) is 14.2 Å². The van der Waals surface area contributed by atoms with Crippen LogP contribution in [-0.4, -0.2) is 37.2 Å². The fourth-order valence-electron chi connectivity index (χ4n) is 8.31. The zero-order valence-electron chi connectivity index (χ0n) is 41.8. The van der Waals surface area contributed by atoms with Gasteiger partial charge in [0.2, 0.25) is 0 Å². The maximum absolute atomic E-state index is 12.8. The highest BCUT2D eigenvalue weighted by molar-refractivity contribution is 5.71. The molecule has 0 saturated heterocycles. The van der Waals surface area contributed by atoms with Crippen LogP contribution in [0.1, 0.15) is 304 Å². The Hall–Kier alpha value is -1.59. The smallest absolute Gasteiger partial charge is 0.306 e. The highest BCUT2D eigenvalue weighted by atomic mass is 16.6. The molecule has 0 spiro atoms. The van der Waals surface area contributed by atoms with Gasteiger partial charge in [-0.15, -0.1) is 0 Å². The first-order chi connectivity index (χ1) is 29.8. The molecule has 2 atom stereocenters. The molecule has 0 fully saturated rings. The molecule has 0 aromatic heterocycles. The molecule has 0 N–H and O–H groups in total. The number of ether oxygens (including phenoxy) is 3. The van der Waals surface area contributed by atoms with Crippen LogP contribution in [0.3, 0.4) is 0 Å². The van der Waals surface area contributed by atoms with E-state index in [-0.39, 0.29) is 31.1 Å². The zero-order chi connectivity index (χ0) is 44.7. The molecule has 0 aromatic rings. The van der Waals surface area contributed by atoms with Crippen molar-refractivity contribution in [2.75, 3.05) is 13.2 Å². The molecule has 0 aromatic carbocycles. The molecule has 362 valence electrons. The molecular formula is C55H106O6. The number of carbonyl (C=O) groups excluding carboxylic acids is 3. The van der Waals surface area contributed by atoms with Gasteiger partial charge in [-0.1, -0.05) is 266 Å². The summed E-state index contributed by atoms with van der Waals surface area (Å²) in [6.07, 6.45) is 49.4. The lowest BCUT2D eigenvalue weighted by Gasteiger charge is -2.18. The maximum Gasteiger partial charge on any atom is 0.306 e. The Morgan fingerprint density at radius 1 is 0.344 bits per heavy atom. The van der Waals surface area contributed by atoms with Crippen molar-refractivity contribution in [1.82, 2.24) is 0 Å². The maximum atomic E-state index is 12.8. The van der Waals surface area contributed by atoms with E-state index in [1.165, 1.54) is 193 Å². The molecule has 0 radical (unpaired) electrons. The van der Waals surface area contributed by atoms with Gasteiger partial charge in [0.1, 0.15) is 13.2 Å². The second kappa shape index (κ2) is 47.9. The van der Waals surface area contributed by atoms with Gasteiger partial charge < -0.3 is 14.2 Å². The van der Waals surface area contributed by atoms with Gasteiger partial charge in [0.15, 0.2) is 6.10 Å². The van der Waals surface area contributed by atoms with Crippen LogP contribution in [0, 0.1) is 11.8 Å². The van der Waals surface area contributed by atoms with E-state index in [2.05, 4.69) is 34.6 Å². The second-order valence-corrected chi connectivity index (χ2v) is 19.6. The van der Waals surface area contributed by atoms with Gasteiger partial charge in [0.25, 0.3) is 0 Å². The summed E-state index contributed by atoms with van der Waals surface area (Å²) in [5.41, 5.74) is 0. The van der Waals surface area contributed by atoms with Crippen molar-refractivity contribution in [3.8, 4) is 0 Å². The standard InChI is InChI=1S/C55H106O6/c1-6-8-9-10-11-12-13-17-22-25-32-37-42-47-55(58)61-52(49-60-54(57)46-41-36-31-27-26-29-34-39-44-51(5)7-2)48-59-53(56)45-40-35-30-24-21-19-16-14-15-18-20-23-28-33-38-43-50(3)4/h50-52H,6-49H2,1-5H3/t51?,52-/m1/s1. The fraction of sp³-hybridized carbons (Fsp3) is 0.945. The number of unbranched alkanes of at least 4 members (excludes halogenated alkanes) is 33. The molecule has 0 heterocycles. The van der Waals surface area contributed by atoms with E-state index in [0.29, 0.717) is 19.3 Å². The van der Waals surface area contributed by atoms with E-state index in [1.54, 1.807) is 0 Å².